The maximum atomic E-state index is 12.9. The maximum absolute atomic E-state index is 12.9. The monoisotopic (exact) mass is 439 g/mol. The van der Waals surface area contributed by atoms with Gasteiger partial charge in [0.15, 0.2) is 0 Å². The van der Waals surface area contributed by atoms with Crippen LogP contribution in [0.25, 0.3) is 0 Å². The second kappa shape index (κ2) is 8.10. The lowest BCUT2D eigenvalue weighted by molar-refractivity contribution is -0.138. The first kappa shape index (κ1) is 21.5. The van der Waals surface area contributed by atoms with E-state index < -0.39 is 35.9 Å². The minimum atomic E-state index is -0.980. The van der Waals surface area contributed by atoms with Crippen LogP contribution in [0.15, 0.2) is 40.5 Å². The Labute approximate surface area is 185 Å². The molecule has 3 aliphatic rings. The summed E-state index contributed by atoms with van der Waals surface area (Å²) in [4.78, 5) is 56.0. The average molecular weight is 439 g/mol. The molecule has 1 unspecified atom stereocenters. The molecule has 1 aromatic rings. The number of nitrogens with zero attached hydrogens (tertiary/aromatic N) is 2. The van der Waals surface area contributed by atoms with Gasteiger partial charge in [0.2, 0.25) is 5.91 Å². The number of esters is 1. The third-order valence-electron chi connectivity index (χ3n) is 5.80. The SMILES string of the molecule is CCOC(=O)C1=C(C)Nc2ccccc2N=C1NC(=O)CN1C(=O)NC(C)(C2CC2)C1=O. The largest absolute Gasteiger partial charge is 0.462 e. The van der Waals surface area contributed by atoms with E-state index in [-0.39, 0.29) is 23.9 Å². The van der Waals surface area contributed by atoms with Crippen molar-refractivity contribution < 1.29 is 23.9 Å². The third kappa shape index (κ3) is 3.83. The van der Waals surface area contributed by atoms with Crippen molar-refractivity contribution in [2.24, 2.45) is 10.9 Å². The van der Waals surface area contributed by atoms with Gasteiger partial charge in [0.1, 0.15) is 23.5 Å². The Bertz CT molecular complexity index is 1070. The summed E-state index contributed by atoms with van der Waals surface area (Å²) in [6.07, 6.45) is 1.72. The van der Waals surface area contributed by atoms with E-state index in [1.807, 2.05) is 6.07 Å². The molecular weight excluding hydrogens is 414 g/mol. The van der Waals surface area contributed by atoms with Crippen LogP contribution in [0.1, 0.15) is 33.6 Å². The van der Waals surface area contributed by atoms with Gasteiger partial charge < -0.3 is 20.7 Å². The maximum Gasteiger partial charge on any atom is 0.343 e. The Kier molecular flexibility index (Phi) is 5.45. The Balaban J connectivity index is 1.59. The number of urea groups is 1. The number of carbonyl (C=O) groups is 4. The van der Waals surface area contributed by atoms with Gasteiger partial charge in [-0.25, -0.2) is 14.6 Å². The van der Waals surface area contributed by atoms with Gasteiger partial charge in [0.05, 0.1) is 18.0 Å². The zero-order valence-electron chi connectivity index (χ0n) is 18.2. The third-order valence-corrected chi connectivity index (χ3v) is 5.80. The van der Waals surface area contributed by atoms with Gasteiger partial charge >= 0.3 is 12.0 Å². The molecule has 1 aromatic carbocycles. The fraction of sp³-hybridized carbons (Fsp3) is 0.409. The van der Waals surface area contributed by atoms with Crippen molar-refractivity contribution in [2.45, 2.75) is 39.2 Å². The van der Waals surface area contributed by atoms with Crippen LogP contribution < -0.4 is 16.0 Å². The molecule has 1 saturated carbocycles. The van der Waals surface area contributed by atoms with Crippen LogP contribution >= 0.6 is 0 Å². The zero-order chi connectivity index (χ0) is 23.0. The highest BCUT2D eigenvalue weighted by molar-refractivity contribution is 6.25. The average Bonchev–Trinajstić information content (AvgIpc) is 3.56. The smallest absolute Gasteiger partial charge is 0.343 e. The van der Waals surface area contributed by atoms with Crippen LogP contribution in [0.2, 0.25) is 0 Å². The molecule has 2 heterocycles. The number of hydrogen-bond donors (Lipinski definition) is 3. The fourth-order valence-electron chi connectivity index (χ4n) is 3.95. The zero-order valence-corrected chi connectivity index (χ0v) is 18.2. The minimum absolute atomic E-state index is 0.0135. The van der Waals surface area contributed by atoms with E-state index in [0.29, 0.717) is 17.1 Å². The van der Waals surface area contributed by atoms with Crippen LogP contribution in [0.5, 0.6) is 0 Å². The van der Waals surface area contributed by atoms with E-state index in [1.165, 1.54) is 0 Å². The second-order valence-corrected chi connectivity index (χ2v) is 8.17. The fourth-order valence-corrected chi connectivity index (χ4v) is 3.95. The van der Waals surface area contributed by atoms with Gasteiger partial charge in [-0.2, -0.15) is 0 Å². The summed E-state index contributed by atoms with van der Waals surface area (Å²) in [7, 11) is 0. The van der Waals surface area contributed by atoms with Crippen molar-refractivity contribution in [1.29, 1.82) is 0 Å². The van der Waals surface area contributed by atoms with Crippen molar-refractivity contribution in [3.05, 3.63) is 35.5 Å². The molecule has 2 aliphatic heterocycles. The van der Waals surface area contributed by atoms with Crippen molar-refractivity contribution in [1.82, 2.24) is 15.5 Å². The molecule has 3 N–H and O–H groups in total. The Morgan fingerprint density at radius 3 is 2.69 bits per heavy atom. The molecule has 1 saturated heterocycles. The van der Waals surface area contributed by atoms with Gasteiger partial charge in [-0.1, -0.05) is 12.1 Å². The van der Waals surface area contributed by atoms with Crippen LogP contribution in [0.3, 0.4) is 0 Å². The molecule has 0 aromatic heterocycles. The number of allylic oxidation sites excluding steroid dienone is 1. The summed E-state index contributed by atoms with van der Waals surface area (Å²) in [5.74, 6) is -1.66. The normalized spacial score (nSPS) is 22.5. The number of benzene rings is 1. The summed E-state index contributed by atoms with van der Waals surface area (Å²) >= 11 is 0. The van der Waals surface area contributed by atoms with E-state index in [0.717, 1.165) is 17.7 Å². The number of hydrogen-bond acceptors (Lipinski definition) is 7. The topological polar surface area (TPSA) is 129 Å². The second-order valence-electron chi connectivity index (χ2n) is 8.17. The summed E-state index contributed by atoms with van der Waals surface area (Å²) in [5.41, 5.74) is 0.704. The predicted molar refractivity (Wildman–Crippen MR) is 116 cm³/mol. The van der Waals surface area contributed by atoms with Gasteiger partial charge in [0.25, 0.3) is 5.91 Å². The number of anilines is 1. The Morgan fingerprint density at radius 2 is 2.00 bits per heavy atom. The molecule has 10 heteroatoms. The molecule has 168 valence electrons. The molecule has 4 amide bonds. The number of fused-ring (bicyclic) bond motifs is 1. The lowest BCUT2D eigenvalue weighted by Crippen LogP contribution is -2.47. The number of amides is 4. The van der Waals surface area contributed by atoms with Crippen LogP contribution in [0.4, 0.5) is 16.2 Å². The van der Waals surface area contributed by atoms with Crippen molar-refractivity contribution >= 4 is 41.0 Å². The first-order valence-corrected chi connectivity index (χ1v) is 10.5. The quantitative estimate of drug-likeness (QED) is 0.474. The summed E-state index contributed by atoms with van der Waals surface area (Å²) < 4.78 is 5.15. The molecule has 0 spiro atoms. The molecule has 32 heavy (non-hydrogen) atoms. The number of aliphatic imine (C=N–C) groups is 1. The first-order valence-electron chi connectivity index (χ1n) is 10.5. The van der Waals surface area contributed by atoms with Crippen LogP contribution in [0, 0.1) is 5.92 Å². The Morgan fingerprint density at radius 1 is 1.28 bits per heavy atom. The van der Waals surface area contributed by atoms with E-state index in [4.69, 9.17) is 4.74 Å². The highest BCUT2D eigenvalue weighted by atomic mass is 16.5. The summed E-state index contributed by atoms with van der Waals surface area (Å²) in [6, 6.07) is 6.51. The highest BCUT2D eigenvalue weighted by Crippen LogP contribution is 2.42. The number of imide groups is 1. The van der Waals surface area contributed by atoms with Crippen molar-refractivity contribution in [3.8, 4) is 0 Å². The van der Waals surface area contributed by atoms with Crippen LogP contribution in [-0.4, -0.2) is 53.2 Å². The number of rotatable bonds is 5. The molecular formula is C22H25N5O5. The standard InChI is InChI=1S/C22H25N5O5/c1-4-32-19(29)17-12(2)23-14-7-5-6-8-15(14)24-18(17)25-16(28)11-27-20(30)22(3,13-9-10-13)26-21(27)31/h5-8,13,23H,4,9-11H2,1-3H3,(H,26,31)(H,24,25,28). The number of nitrogens with one attached hydrogen (secondary N) is 3. The molecule has 0 bridgehead atoms. The molecule has 2 fully saturated rings. The summed E-state index contributed by atoms with van der Waals surface area (Å²) in [5, 5.41) is 8.42. The van der Waals surface area contributed by atoms with E-state index in [2.05, 4.69) is 20.9 Å². The first-order chi connectivity index (χ1) is 15.2. The summed E-state index contributed by atoms with van der Waals surface area (Å²) in [6.45, 7) is 4.69. The molecule has 0 radical (unpaired) electrons. The lowest BCUT2D eigenvalue weighted by Gasteiger charge is -2.21. The number of para-hydroxylation sites is 2. The van der Waals surface area contributed by atoms with E-state index in [9.17, 15) is 19.2 Å². The Hall–Kier alpha value is -3.69. The molecule has 10 nitrogen and oxygen atoms in total. The van der Waals surface area contributed by atoms with Crippen molar-refractivity contribution in [3.63, 3.8) is 0 Å². The van der Waals surface area contributed by atoms with Gasteiger partial charge in [-0.15, -0.1) is 0 Å². The minimum Gasteiger partial charge on any atom is -0.462 e. The molecule has 1 aliphatic carbocycles. The highest BCUT2D eigenvalue weighted by Gasteiger charge is 2.56. The van der Waals surface area contributed by atoms with Gasteiger partial charge in [-0.05, 0) is 51.7 Å². The molecule has 4 rings (SSSR count). The molecule has 1 atom stereocenters. The van der Waals surface area contributed by atoms with E-state index >= 15 is 0 Å². The predicted octanol–water partition coefficient (Wildman–Crippen LogP) is 1.82. The van der Waals surface area contributed by atoms with Gasteiger partial charge in [0, 0.05) is 5.70 Å². The lowest BCUT2D eigenvalue weighted by atomic mass is 9.96. The van der Waals surface area contributed by atoms with Crippen LogP contribution in [-0.2, 0) is 19.1 Å². The number of amidine groups is 1. The number of carbonyl (C=O) groups excluding carboxylic acids is 4. The number of ether oxygens (including phenoxy) is 1. The van der Waals surface area contributed by atoms with Crippen molar-refractivity contribution in [2.75, 3.05) is 18.5 Å². The van der Waals surface area contributed by atoms with Gasteiger partial charge in [-0.3, -0.25) is 14.5 Å². The van der Waals surface area contributed by atoms with E-state index in [1.54, 1.807) is 39.0 Å².